The average Bonchev–Trinajstić information content (AvgIpc) is 2.69. The zero-order valence-corrected chi connectivity index (χ0v) is 8.12. The predicted octanol–water partition coefficient (Wildman–Crippen LogP) is 0.379. The molecule has 0 unspecified atom stereocenters. The van der Waals surface area contributed by atoms with Gasteiger partial charge in [-0.15, -0.1) is 0 Å². The fourth-order valence-electron chi connectivity index (χ4n) is 1.61. The van der Waals surface area contributed by atoms with E-state index in [1.54, 1.807) is 0 Å². The highest BCUT2D eigenvalue weighted by atomic mass is 16.5. The summed E-state index contributed by atoms with van der Waals surface area (Å²) >= 11 is 0. The second-order valence-electron chi connectivity index (χ2n) is 3.31. The van der Waals surface area contributed by atoms with Crippen LogP contribution >= 0.6 is 0 Å². The van der Waals surface area contributed by atoms with Gasteiger partial charge in [0, 0.05) is 13.1 Å². The molecule has 0 spiro atoms. The van der Waals surface area contributed by atoms with E-state index in [1.807, 2.05) is 0 Å². The third kappa shape index (κ3) is 1.71. The van der Waals surface area contributed by atoms with Crippen molar-refractivity contribution in [3.05, 3.63) is 16.4 Å². The lowest BCUT2D eigenvalue weighted by atomic mass is 10.4. The van der Waals surface area contributed by atoms with Gasteiger partial charge in [0.15, 0.2) is 0 Å². The van der Waals surface area contributed by atoms with Crippen LogP contribution in [0.25, 0.3) is 0 Å². The van der Waals surface area contributed by atoms with Crippen molar-refractivity contribution in [1.82, 2.24) is 9.97 Å². The van der Waals surface area contributed by atoms with E-state index in [1.165, 1.54) is 13.2 Å². The van der Waals surface area contributed by atoms with E-state index in [0.717, 1.165) is 25.9 Å². The molecule has 1 aliphatic rings. The topological polar surface area (TPSA) is 58.2 Å². The average molecular weight is 195 g/mol. The van der Waals surface area contributed by atoms with Crippen LogP contribution in [0.4, 0.5) is 5.95 Å². The minimum atomic E-state index is -0.168. The molecule has 1 aromatic rings. The molecule has 0 aliphatic carbocycles. The largest absolute Gasteiger partial charge is 0.481 e. The molecule has 2 heterocycles. The van der Waals surface area contributed by atoms with E-state index in [0.29, 0.717) is 11.8 Å². The first-order chi connectivity index (χ1) is 6.79. The molecule has 0 saturated carbocycles. The third-order valence-corrected chi connectivity index (χ3v) is 2.32. The molecule has 1 fully saturated rings. The lowest BCUT2D eigenvalue weighted by Crippen LogP contribution is -2.23. The highest BCUT2D eigenvalue weighted by Crippen LogP contribution is 2.15. The number of nitrogens with zero attached hydrogens (tertiary/aromatic N) is 2. The number of methoxy groups -OCH3 is 1. The van der Waals surface area contributed by atoms with Crippen LogP contribution in [0.3, 0.4) is 0 Å². The highest BCUT2D eigenvalue weighted by molar-refractivity contribution is 5.32. The van der Waals surface area contributed by atoms with Gasteiger partial charge in [0.2, 0.25) is 11.8 Å². The second-order valence-corrected chi connectivity index (χ2v) is 3.31. The summed E-state index contributed by atoms with van der Waals surface area (Å²) in [5.41, 5.74) is -0.168. The van der Waals surface area contributed by atoms with Crippen molar-refractivity contribution in [3.8, 4) is 5.88 Å². The number of aromatic amines is 1. The van der Waals surface area contributed by atoms with E-state index in [4.69, 9.17) is 4.74 Å². The van der Waals surface area contributed by atoms with Gasteiger partial charge in [-0.05, 0) is 12.8 Å². The Balaban J connectivity index is 2.32. The van der Waals surface area contributed by atoms with E-state index >= 15 is 0 Å². The van der Waals surface area contributed by atoms with Crippen LogP contribution in [0, 0.1) is 0 Å². The lowest BCUT2D eigenvalue weighted by Gasteiger charge is -2.15. The van der Waals surface area contributed by atoms with Gasteiger partial charge in [-0.1, -0.05) is 0 Å². The zero-order chi connectivity index (χ0) is 9.97. The normalized spacial score (nSPS) is 15.9. The number of rotatable bonds is 2. The van der Waals surface area contributed by atoms with E-state index in [2.05, 4.69) is 14.9 Å². The van der Waals surface area contributed by atoms with Gasteiger partial charge in [-0.3, -0.25) is 9.78 Å². The van der Waals surface area contributed by atoms with Crippen LogP contribution in [0.1, 0.15) is 12.8 Å². The van der Waals surface area contributed by atoms with Gasteiger partial charge >= 0.3 is 0 Å². The Bertz CT molecular complexity index is 369. The molecule has 2 rings (SSSR count). The molecule has 0 radical (unpaired) electrons. The minimum Gasteiger partial charge on any atom is -0.481 e. The molecule has 1 N–H and O–H groups in total. The Kier molecular flexibility index (Phi) is 2.39. The molecule has 1 aliphatic heterocycles. The first kappa shape index (κ1) is 9.05. The lowest BCUT2D eigenvalue weighted by molar-refractivity contribution is 0.396. The van der Waals surface area contributed by atoms with Gasteiger partial charge < -0.3 is 9.64 Å². The molecule has 1 aromatic heterocycles. The van der Waals surface area contributed by atoms with Crippen molar-refractivity contribution in [3.63, 3.8) is 0 Å². The van der Waals surface area contributed by atoms with E-state index < -0.39 is 0 Å². The predicted molar refractivity (Wildman–Crippen MR) is 52.9 cm³/mol. The fourth-order valence-corrected chi connectivity index (χ4v) is 1.61. The van der Waals surface area contributed by atoms with Crippen LogP contribution in [0.5, 0.6) is 5.88 Å². The Labute approximate surface area is 81.7 Å². The minimum absolute atomic E-state index is 0.168. The summed E-state index contributed by atoms with van der Waals surface area (Å²) < 4.78 is 4.94. The van der Waals surface area contributed by atoms with Crippen LogP contribution in [0.2, 0.25) is 0 Å². The fraction of sp³-hybridized carbons (Fsp3) is 0.556. The molecular weight excluding hydrogens is 182 g/mol. The maximum Gasteiger partial charge on any atom is 0.256 e. The van der Waals surface area contributed by atoms with Crippen molar-refractivity contribution in [2.75, 3.05) is 25.1 Å². The summed E-state index contributed by atoms with van der Waals surface area (Å²) in [7, 11) is 1.51. The van der Waals surface area contributed by atoms with Crippen molar-refractivity contribution in [1.29, 1.82) is 0 Å². The molecule has 5 nitrogen and oxygen atoms in total. The van der Waals surface area contributed by atoms with Crippen molar-refractivity contribution >= 4 is 5.95 Å². The van der Waals surface area contributed by atoms with Crippen LogP contribution < -0.4 is 15.2 Å². The van der Waals surface area contributed by atoms with Gasteiger partial charge in [-0.25, -0.2) is 0 Å². The van der Waals surface area contributed by atoms with Crippen molar-refractivity contribution < 1.29 is 4.74 Å². The molecule has 14 heavy (non-hydrogen) atoms. The van der Waals surface area contributed by atoms with Crippen LogP contribution in [-0.2, 0) is 0 Å². The van der Waals surface area contributed by atoms with Crippen LogP contribution in [-0.4, -0.2) is 30.2 Å². The quantitative estimate of drug-likeness (QED) is 0.741. The monoisotopic (exact) mass is 195 g/mol. The summed E-state index contributed by atoms with van der Waals surface area (Å²) in [5.74, 6) is 0.988. The van der Waals surface area contributed by atoms with Crippen LogP contribution in [0.15, 0.2) is 10.9 Å². The molecule has 0 atom stereocenters. The first-order valence-corrected chi connectivity index (χ1v) is 4.70. The number of hydrogen-bond donors (Lipinski definition) is 1. The highest BCUT2D eigenvalue weighted by Gasteiger charge is 2.15. The number of anilines is 1. The molecule has 76 valence electrons. The number of nitrogens with one attached hydrogen (secondary N) is 1. The maximum atomic E-state index is 11.2. The molecular formula is C9H13N3O2. The Morgan fingerprint density at radius 1 is 1.50 bits per heavy atom. The second kappa shape index (κ2) is 3.69. The Morgan fingerprint density at radius 3 is 2.86 bits per heavy atom. The van der Waals surface area contributed by atoms with Gasteiger partial charge in [0.05, 0.1) is 13.2 Å². The molecule has 1 saturated heterocycles. The van der Waals surface area contributed by atoms with Gasteiger partial charge in [0.1, 0.15) is 0 Å². The Hall–Kier alpha value is -1.52. The molecule has 0 amide bonds. The molecule has 5 heteroatoms. The van der Waals surface area contributed by atoms with Crippen molar-refractivity contribution in [2.45, 2.75) is 12.8 Å². The zero-order valence-electron chi connectivity index (χ0n) is 8.12. The Morgan fingerprint density at radius 2 is 2.21 bits per heavy atom. The molecule has 0 aromatic carbocycles. The van der Waals surface area contributed by atoms with Crippen molar-refractivity contribution in [2.24, 2.45) is 0 Å². The molecule has 0 bridgehead atoms. The van der Waals surface area contributed by atoms with Gasteiger partial charge in [0.25, 0.3) is 5.56 Å². The SMILES string of the molecule is COc1cc(=O)[nH]c(N2CCCC2)n1. The summed E-state index contributed by atoms with van der Waals surface area (Å²) in [6.45, 7) is 1.91. The first-order valence-electron chi connectivity index (χ1n) is 4.70. The van der Waals surface area contributed by atoms with E-state index in [-0.39, 0.29) is 5.56 Å². The number of aromatic nitrogens is 2. The number of H-pyrrole nitrogens is 1. The summed E-state index contributed by atoms with van der Waals surface area (Å²) in [4.78, 5) is 20.2. The summed E-state index contributed by atoms with van der Waals surface area (Å²) in [5, 5.41) is 0. The number of ether oxygens (including phenoxy) is 1. The summed E-state index contributed by atoms with van der Waals surface area (Å²) in [6, 6.07) is 1.35. The standard InChI is InChI=1S/C9H13N3O2/c1-14-8-6-7(13)10-9(11-8)12-4-2-3-5-12/h6H,2-5H2,1H3,(H,10,11,13). The maximum absolute atomic E-state index is 11.2. The summed E-state index contributed by atoms with van der Waals surface area (Å²) in [6.07, 6.45) is 2.31. The third-order valence-electron chi connectivity index (χ3n) is 2.32. The smallest absolute Gasteiger partial charge is 0.256 e. The van der Waals surface area contributed by atoms with Gasteiger partial charge in [-0.2, -0.15) is 4.98 Å². The number of hydrogen-bond acceptors (Lipinski definition) is 4. The van der Waals surface area contributed by atoms with E-state index in [9.17, 15) is 4.79 Å².